The van der Waals surface area contributed by atoms with Gasteiger partial charge < -0.3 is 18.0 Å². The third kappa shape index (κ3) is 5.96. The van der Waals surface area contributed by atoms with Crippen molar-refractivity contribution in [2.75, 3.05) is 26.4 Å². The molecule has 0 amide bonds. The topological polar surface area (TPSA) is 36.9 Å². The molecule has 0 rings (SSSR count). The average Bonchev–Trinajstić information content (AvgIpc) is 2.18. The van der Waals surface area contributed by atoms with E-state index in [-0.39, 0.29) is 6.10 Å². The summed E-state index contributed by atoms with van der Waals surface area (Å²) in [5.41, 5.74) is 0. The molecule has 0 aliphatic rings. The molecule has 0 aromatic rings. The fraction of sp³-hybridized carbons (Fsp3) is 1.00. The van der Waals surface area contributed by atoms with Gasteiger partial charge in [-0.25, -0.2) is 0 Å². The first-order valence-electron chi connectivity index (χ1n) is 6.17. The Morgan fingerprint density at radius 3 is 1.56 bits per heavy atom. The fourth-order valence-corrected chi connectivity index (χ4v) is 4.40. The van der Waals surface area contributed by atoms with Crippen LogP contribution >= 0.6 is 0 Å². The molecule has 0 saturated heterocycles. The maximum absolute atomic E-state index is 5.74. The van der Waals surface area contributed by atoms with Gasteiger partial charge in [0.25, 0.3) is 0 Å². The summed E-state index contributed by atoms with van der Waals surface area (Å²) in [6, 6.07) is 0.719. The van der Waals surface area contributed by atoms with Crippen LogP contribution in [0.4, 0.5) is 0 Å². The van der Waals surface area contributed by atoms with Crippen molar-refractivity contribution in [2.24, 2.45) is 0 Å². The average molecular weight is 250 g/mol. The maximum Gasteiger partial charge on any atom is 0.503 e. The van der Waals surface area contributed by atoms with Crippen LogP contribution in [0, 0.1) is 0 Å². The van der Waals surface area contributed by atoms with Gasteiger partial charge in [-0.3, -0.25) is 0 Å². The third-order valence-electron chi connectivity index (χ3n) is 2.08. The molecule has 0 heterocycles. The number of hydrogen-bond acceptors (Lipinski definition) is 4. The van der Waals surface area contributed by atoms with Gasteiger partial charge in [0, 0.05) is 32.5 Å². The van der Waals surface area contributed by atoms with Crippen molar-refractivity contribution < 1.29 is 18.0 Å². The van der Waals surface area contributed by atoms with E-state index in [1.54, 1.807) is 0 Å². The Balaban J connectivity index is 4.44. The molecular formula is C11H26O4Si. The number of ether oxygens (including phenoxy) is 1. The first-order chi connectivity index (χ1) is 7.64. The van der Waals surface area contributed by atoms with Gasteiger partial charge in [-0.2, -0.15) is 0 Å². The Labute approximate surface area is 101 Å². The molecule has 16 heavy (non-hydrogen) atoms. The summed E-state index contributed by atoms with van der Waals surface area (Å²) in [5, 5.41) is 0. The molecule has 1 atom stereocenters. The van der Waals surface area contributed by atoms with Crippen molar-refractivity contribution in [2.45, 2.75) is 46.8 Å². The number of rotatable bonds is 10. The van der Waals surface area contributed by atoms with E-state index in [2.05, 4.69) is 0 Å². The van der Waals surface area contributed by atoms with Crippen LogP contribution in [0.15, 0.2) is 0 Å². The van der Waals surface area contributed by atoms with Crippen molar-refractivity contribution in [3.63, 3.8) is 0 Å². The van der Waals surface area contributed by atoms with Crippen LogP contribution in [0.3, 0.4) is 0 Å². The highest BCUT2D eigenvalue weighted by Crippen LogP contribution is 2.19. The van der Waals surface area contributed by atoms with Gasteiger partial charge in [-0.05, 0) is 34.6 Å². The Morgan fingerprint density at radius 1 is 0.812 bits per heavy atom. The van der Waals surface area contributed by atoms with Crippen LogP contribution in [0.5, 0.6) is 0 Å². The first kappa shape index (κ1) is 16.1. The van der Waals surface area contributed by atoms with Crippen LogP contribution in [0.2, 0.25) is 6.04 Å². The van der Waals surface area contributed by atoms with Gasteiger partial charge in [-0.1, -0.05) is 0 Å². The molecule has 0 N–H and O–H groups in total. The molecule has 0 aliphatic carbocycles. The van der Waals surface area contributed by atoms with Crippen LogP contribution in [-0.4, -0.2) is 41.3 Å². The third-order valence-corrected chi connectivity index (χ3v) is 5.34. The predicted octanol–water partition coefficient (Wildman–Crippen LogP) is 2.46. The SMILES string of the molecule is CCOC(C)C[Si](OCC)(OCC)OCC. The molecule has 0 spiro atoms. The van der Waals surface area contributed by atoms with Gasteiger partial charge in [0.15, 0.2) is 0 Å². The lowest BCUT2D eigenvalue weighted by molar-refractivity contribution is 0.0371. The molecule has 0 aliphatic heterocycles. The molecule has 0 saturated carbocycles. The molecule has 4 nitrogen and oxygen atoms in total. The zero-order valence-electron chi connectivity index (χ0n) is 11.2. The molecule has 0 bridgehead atoms. The summed E-state index contributed by atoms with van der Waals surface area (Å²) < 4.78 is 22.8. The van der Waals surface area contributed by atoms with Crippen LogP contribution < -0.4 is 0 Å². The smallest absolute Gasteiger partial charge is 0.379 e. The Bertz CT molecular complexity index is 149. The normalized spacial score (nSPS) is 14.1. The zero-order valence-corrected chi connectivity index (χ0v) is 12.2. The van der Waals surface area contributed by atoms with E-state index in [1.807, 2.05) is 34.6 Å². The van der Waals surface area contributed by atoms with E-state index >= 15 is 0 Å². The van der Waals surface area contributed by atoms with Crippen molar-refractivity contribution in [3.05, 3.63) is 0 Å². The lowest BCUT2D eigenvalue weighted by Gasteiger charge is -2.30. The van der Waals surface area contributed by atoms with E-state index in [4.69, 9.17) is 18.0 Å². The van der Waals surface area contributed by atoms with Gasteiger partial charge in [-0.15, -0.1) is 0 Å². The summed E-state index contributed by atoms with van der Waals surface area (Å²) in [5.74, 6) is 0. The second-order valence-corrected chi connectivity index (χ2v) is 6.09. The quantitative estimate of drug-likeness (QED) is 0.558. The minimum absolute atomic E-state index is 0.112. The molecular weight excluding hydrogens is 224 g/mol. The summed E-state index contributed by atoms with van der Waals surface area (Å²) in [6.07, 6.45) is 0.112. The zero-order chi connectivity index (χ0) is 12.4. The molecule has 0 radical (unpaired) electrons. The fourth-order valence-electron chi connectivity index (χ4n) is 1.66. The molecule has 5 heteroatoms. The van der Waals surface area contributed by atoms with E-state index in [1.165, 1.54) is 0 Å². The number of hydrogen-bond donors (Lipinski definition) is 0. The van der Waals surface area contributed by atoms with E-state index in [0.717, 1.165) is 6.04 Å². The van der Waals surface area contributed by atoms with Crippen LogP contribution in [0.1, 0.15) is 34.6 Å². The van der Waals surface area contributed by atoms with Crippen LogP contribution in [0.25, 0.3) is 0 Å². The molecule has 1 unspecified atom stereocenters. The Kier molecular flexibility index (Phi) is 9.16. The Morgan fingerprint density at radius 2 is 1.25 bits per heavy atom. The van der Waals surface area contributed by atoms with E-state index in [9.17, 15) is 0 Å². The maximum atomic E-state index is 5.74. The van der Waals surface area contributed by atoms with Gasteiger partial charge in [0.2, 0.25) is 0 Å². The van der Waals surface area contributed by atoms with Crippen molar-refractivity contribution >= 4 is 8.80 Å². The lowest BCUT2D eigenvalue weighted by atomic mass is 10.5. The summed E-state index contributed by atoms with van der Waals surface area (Å²) in [4.78, 5) is 0. The van der Waals surface area contributed by atoms with Gasteiger partial charge >= 0.3 is 8.80 Å². The van der Waals surface area contributed by atoms with Gasteiger partial charge in [0.05, 0.1) is 6.10 Å². The first-order valence-corrected chi connectivity index (χ1v) is 8.10. The second kappa shape index (κ2) is 9.12. The minimum atomic E-state index is -2.52. The second-order valence-electron chi connectivity index (χ2n) is 3.45. The van der Waals surface area contributed by atoms with E-state index in [0.29, 0.717) is 26.4 Å². The standard InChI is InChI=1S/C11H26O4Si/c1-6-12-11(5)10-16(13-7-2,14-8-3)15-9-4/h11H,6-10H2,1-5H3. The van der Waals surface area contributed by atoms with E-state index < -0.39 is 8.80 Å². The molecule has 0 fully saturated rings. The predicted molar refractivity (Wildman–Crippen MR) is 66.5 cm³/mol. The summed E-state index contributed by atoms with van der Waals surface area (Å²) in [7, 11) is -2.52. The highest BCUT2D eigenvalue weighted by atomic mass is 28.4. The van der Waals surface area contributed by atoms with Crippen LogP contribution in [-0.2, 0) is 18.0 Å². The van der Waals surface area contributed by atoms with Crippen molar-refractivity contribution in [1.29, 1.82) is 0 Å². The largest absolute Gasteiger partial charge is 0.503 e. The lowest BCUT2D eigenvalue weighted by Crippen LogP contribution is -2.48. The van der Waals surface area contributed by atoms with Crippen molar-refractivity contribution in [1.82, 2.24) is 0 Å². The monoisotopic (exact) mass is 250 g/mol. The highest BCUT2D eigenvalue weighted by molar-refractivity contribution is 6.60. The molecule has 98 valence electrons. The van der Waals surface area contributed by atoms with Crippen molar-refractivity contribution in [3.8, 4) is 0 Å². The molecule has 0 aromatic heterocycles. The minimum Gasteiger partial charge on any atom is -0.379 e. The highest BCUT2D eigenvalue weighted by Gasteiger charge is 2.42. The Hall–Kier alpha value is 0.0569. The summed E-state index contributed by atoms with van der Waals surface area (Å²) in [6.45, 7) is 12.5. The molecule has 0 aromatic carbocycles. The van der Waals surface area contributed by atoms with Gasteiger partial charge in [0.1, 0.15) is 0 Å². The summed E-state index contributed by atoms with van der Waals surface area (Å²) >= 11 is 0.